The second kappa shape index (κ2) is 11.6. The minimum absolute atomic E-state index is 0. The molecule has 0 unspecified atom stereocenters. The van der Waals surface area contributed by atoms with Crippen LogP contribution in [0, 0.1) is 0 Å². The van der Waals surface area contributed by atoms with Crippen molar-refractivity contribution in [3.8, 4) is 0 Å². The lowest BCUT2D eigenvalue weighted by Crippen LogP contribution is -1.65. The third kappa shape index (κ3) is 6.72. The Morgan fingerprint density at radius 2 is 1.82 bits per heavy atom. The molecule has 1 aromatic rings. The highest BCUT2D eigenvalue weighted by Crippen LogP contribution is 1.92. The molecule has 6 N–H and O–H groups in total. The summed E-state index contributed by atoms with van der Waals surface area (Å²) in [5, 5.41) is 0. The second-order valence-electron chi connectivity index (χ2n) is 1.13. The van der Waals surface area contributed by atoms with Crippen LogP contribution in [0.25, 0.3) is 0 Å². The van der Waals surface area contributed by atoms with E-state index in [-0.39, 0.29) is 23.9 Å². The fourth-order valence-electron chi connectivity index (χ4n) is 0.358. The average Bonchev–Trinajstić information content (AvgIpc) is 2.14. The van der Waals surface area contributed by atoms with Crippen LogP contribution in [0.3, 0.4) is 0 Å². The van der Waals surface area contributed by atoms with Crippen LogP contribution in [0.2, 0.25) is 0 Å². The minimum atomic E-state index is 0. The van der Waals surface area contributed by atoms with Gasteiger partial charge in [-0.25, -0.2) is 0 Å². The largest absolute Gasteiger partial charge is 0.462 e. The van der Waals surface area contributed by atoms with E-state index in [1.54, 1.807) is 12.1 Å². The Kier molecular flexibility index (Phi) is 23.8. The molecular weight excluding hydrogens is 152 g/mol. The first-order valence-electron chi connectivity index (χ1n) is 1.92. The molecule has 1 rings (SSSR count). The van der Waals surface area contributed by atoms with Gasteiger partial charge in [0.25, 0.3) is 0 Å². The van der Waals surface area contributed by atoms with Crippen LogP contribution in [0.4, 0.5) is 0 Å². The van der Waals surface area contributed by atoms with Crippen molar-refractivity contribution < 1.29 is 25.6 Å². The maximum atomic E-state index is 9.77. The molecule has 1 aromatic heterocycles. The number of hydrogen-bond donors (Lipinski definition) is 0. The highest BCUT2D eigenvalue weighted by atomic mass is 16.3. The van der Waals surface area contributed by atoms with E-state index in [9.17, 15) is 4.79 Å². The van der Waals surface area contributed by atoms with Gasteiger partial charge in [-0.15, -0.1) is 0 Å². The van der Waals surface area contributed by atoms with Crippen molar-refractivity contribution in [1.29, 1.82) is 0 Å². The number of hydrogen-bond acceptors (Lipinski definition) is 2. The Morgan fingerprint density at radius 1 is 1.27 bits per heavy atom. The van der Waals surface area contributed by atoms with E-state index in [1.165, 1.54) is 6.26 Å². The fourth-order valence-corrected chi connectivity index (χ4v) is 0.358. The fraction of sp³-hybridized carbons (Fsp3) is 0.167. The Hall–Kier alpha value is -1.17. The molecule has 0 atom stereocenters. The topological polar surface area (TPSA) is 125 Å². The molecule has 0 radical (unpaired) electrons. The highest BCUT2D eigenvalue weighted by molar-refractivity contribution is 5.69. The second-order valence-corrected chi connectivity index (χ2v) is 1.13. The molecule has 1 heterocycles. The molecule has 0 fully saturated rings. The predicted molar refractivity (Wildman–Crippen MR) is 41.7 cm³/mol. The number of furan rings is 1. The molecule has 0 bridgehead atoms. The molecule has 0 saturated heterocycles. The molecule has 0 amide bonds. The summed E-state index contributed by atoms with van der Waals surface area (Å²) in [4.78, 5) is 9.77. The van der Waals surface area contributed by atoms with Gasteiger partial charge in [-0.3, -0.25) is 4.79 Å². The molecule has 0 spiro atoms. The molecule has 0 aliphatic carbocycles. The van der Waals surface area contributed by atoms with Crippen molar-refractivity contribution in [2.75, 3.05) is 0 Å². The van der Waals surface area contributed by atoms with Gasteiger partial charge in [-0.2, -0.15) is 0 Å². The van der Waals surface area contributed by atoms with Gasteiger partial charge in [0.2, 0.25) is 0 Å². The van der Waals surface area contributed by atoms with Gasteiger partial charge in [0.1, 0.15) is 0 Å². The van der Waals surface area contributed by atoms with E-state index in [4.69, 9.17) is 0 Å². The summed E-state index contributed by atoms with van der Waals surface area (Å²) in [6, 6.07) is 3.27. The first-order valence-corrected chi connectivity index (χ1v) is 1.92. The van der Waals surface area contributed by atoms with Crippen LogP contribution in [0.1, 0.15) is 18.0 Å². The zero-order valence-corrected chi connectivity index (χ0v) is 5.13. The third-order valence-corrected chi connectivity index (χ3v) is 0.659. The Morgan fingerprint density at radius 3 is 2.00 bits per heavy atom. The van der Waals surface area contributed by atoms with Gasteiger partial charge in [-0.1, -0.05) is 7.43 Å². The molecule has 11 heavy (non-hydrogen) atoms. The van der Waals surface area contributed by atoms with E-state index < -0.39 is 0 Å². The maximum Gasteiger partial charge on any atom is 0.185 e. The van der Waals surface area contributed by atoms with E-state index in [0.717, 1.165) is 0 Å². The first-order chi connectivity index (χ1) is 3.43. The first kappa shape index (κ1) is 22.5. The average molecular weight is 166 g/mol. The van der Waals surface area contributed by atoms with Gasteiger partial charge in [0, 0.05) is 0 Å². The lowest BCUT2D eigenvalue weighted by Gasteiger charge is -1.68. The minimum Gasteiger partial charge on any atom is -0.462 e. The summed E-state index contributed by atoms with van der Waals surface area (Å²) < 4.78 is 4.61. The number of aldehydes is 1. The molecule has 68 valence electrons. The number of rotatable bonds is 1. The molecular formula is C6H14O5. The summed E-state index contributed by atoms with van der Waals surface area (Å²) in [5.41, 5.74) is 0. The summed E-state index contributed by atoms with van der Waals surface area (Å²) in [5.74, 6) is 0.375. The van der Waals surface area contributed by atoms with Crippen LogP contribution in [0.5, 0.6) is 0 Å². The summed E-state index contributed by atoms with van der Waals surface area (Å²) in [7, 11) is 0. The molecule has 0 aliphatic rings. The summed E-state index contributed by atoms with van der Waals surface area (Å²) >= 11 is 0. The summed E-state index contributed by atoms with van der Waals surface area (Å²) in [6.45, 7) is 0. The third-order valence-electron chi connectivity index (χ3n) is 0.659. The van der Waals surface area contributed by atoms with Gasteiger partial charge < -0.3 is 20.8 Å². The van der Waals surface area contributed by atoms with Gasteiger partial charge in [0.15, 0.2) is 12.0 Å². The Labute approximate surface area is 64.6 Å². The van der Waals surface area contributed by atoms with Crippen molar-refractivity contribution in [3.63, 3.8) is 0 Å². The maximum absolute atomic E-state index is 9.77. The molecule has 0 aliphatic heterocycles. The smallest absolute Gasteiger partial charge is 0.185 e. The highest BCUT2D eigenvalue weighted by Gasteiger charge is 1.84. The lowest BCUT2D eigenvalue weighted by molar-refractivity contribution is 0.110. The van der Waals surface area contributed by atoms with Crippen molar-refractivity contribution in [2.24, 2.45) is 0 Å². The van der Waals surface area contributed by atoms with Crippen molar-refractivity contribution in [3.05, 3.63) is 24.2 Å². The van der Waals surface area contributed by atoms with Crippen LogP contribution in [-0.4, -0.2) is 22.7 Å². The van der Waals surface area contributed by atoms with Crippen molar-refractivity contribution >= 4 is 6.29 Å². The van der Waals surface area contributed by atoms with E-state index >= 15 is 0 Å². The van der Waals surface area contributed by atoms with E-state index in [0.29, 0.717) is 12.0 Å². The van der Waals surface area contributed by atoms with Gasteiger partial charge >= 0.3 is 0 Å². The van der Waals surface area contributed by atoms with Crippen molar-refractivity contribution in [2.45, 2.75) is 7.43 Å². The molecule has 0 aromatic carbocycles. The lowest BCUT2D eigenvalue weighted by atomic mass is 10.5. The SMILES string of the molecule is C.O.O.O.O=Cc1ccco1. The van der Waals surface area contributed by atoms with Gasteiger partial charge in [0.05, 0.1) is 6.26 Å². The standard InChI is InChI=1S/C5H4O2.CH4.3H2O/c6-4-5-2-1-3-7-5;;;;/h1-4H;1H4;3*1H2. The number of carbonyl (C=O) groups is 1. The van der Waals surface area contributed by atoms with Crippen LogP contribution < -0.4 is 0 Å². The Bertz CT molecular complexity index is 146. The van der Waals surface area contributed by atoms with Crippen LogP contribution in [0.15, 0.2) is 22.8 Å². The monoisotopic (exact) mass is 166 g/mol. The van der Waals surface area contributed by atoms with Gasteiger partial charge in [-0.05, 0) is 12.1 Å². The quantitative estimate of drug-likeness (QED) is 0.509. The normalized spacial score (nSPS) is 5.45. The van der Waals surface area contributed by atoms with Crippen molar-refractivity contribution in [1.82, 2.24) is 0 Å². The Balaban J connectivity index is -0.0000000612. The zero-order chi connectivity index (χ0) is 5.11. The molecule has 5 nitrogen and oxygen atoms in total. The molecule has 0 saturated carbocycles. The van der Waals surface area contributed by atoms with E-state index in [2.05, 4.69) is 4.42 Å². The van der Waals surface area contributed by atoms with Crippen LogP contribution in [-0.2, 0) is 0 Å². The predicted octanol–water partition coefficient (Wildman–Crippen LogP) is -0.746. The van der Waals surface area contributed by atoms with Crippen LogP contribution >= 0.6 is 0 Å². The summed E-state index contributed by atoms with van der Waals surface area (Å²) in [6.07, 6.45) is 2.13. The van der Waals surface area contributed by atoms with E-state index in [1.807, 2.05) is 0 Å². The molecule has 5 heteroatoms. The number of carbonyl (C=O) groups excluding carboxylic acids is 1. The zero-order valence-electron chi connectivity index (χ0n) is 5.13.